The van der Waals surface area contributed by atoms with Crippen molar-refractivity contribution in [3.63, 3.8) is 0 Å². The van der Waals surface area contributed by atoms with E-state index in [0.717, 1.165) is 32.6 Å². The molecule has 1 atom stereocenters. The molecule has 0 aromatic carbocycles. The van der Waals surface area contributed by atoms with Crippen LogP contribution in [0.15, 0.2) is 0 Å². The Kier molecular flexibility index (Phi) is 3.44. The van der Waals surface area contributed by atoms with Crippen molar-refractivity contribution in [3.05, 3.63) is 5.82 Å². The third kappa shape index (κ3) is 2.89. The first kappa shape index (κ1) is 12.9. The van der Waals surface area contributed by atoms with E-state index in [1.165, 1.54) is 0 Å². The van der Waals surface area contributed by atoms with Gasteiger partial charge in [-0.15, -0.1) is 5.10 Å². The molecule has 2 aliphatic heterocycles. The van der Waals surface area contributed by atoms with Crippen LogP contribution in [0.2, 0.25) is 0 Å². The minimum absolute atomic E-state index is 0.0173. The Morgan fingerprint density at radius 1 is 1.26 bits per heavy atom. The highest BCUT2D eigenvalue weighted by Crippen LogP contribution is 2.27. The quantitative estimate of drug-likeness (QED) is 0.762. The summed E-state index contributed by atoms with van der Waals surface area (Å²) >= 11 is 0. The fourth-order valence-corrected chi connectivity index (χ4v) is 4.39. The summed E-state index contributed by atoms with van der Waals surface area (Å²) in [6.45, 7) is 3.78. The summed E-state index contributed by atoms with van der Waals surface area (Å²) in [5.41, 5.74) is 0. The number of aromatic amines is 1. The zero-order chi connectivity index (χ0) is 13.3. The molecular formula is C11H19N5O2S. The van der Waals surface area contributed by atoms with E-state index in [0.29, 0.717) is 18.2 Å². The van der Waals surface area contributed by atoms with Gasteiger partial charge >= 0.3 is 0 Å². The third-order valence-electron chi connectivity index (χ3n) is 3.73. The molecule has 2 N–H and O–H groups in total. The van der Waals surface area contributed by atoms with Crippen LogP contribution in [0.3, 0.4) is 0 Å². The maximum absolute atomic E-state index is 11.5. The van der Waals surface area contributed by atoms with E-state index in [1.807, 2.05) is 0 Å². The molecule has 3 rings (SSSR count). The molecule has 2 fully saturated rings. The van der Waals surface area contributed by atoms with Crippen molar-refractivity contribution in [2.45, 2.75) is 18.8 Å². The lowest BCUT2D eigenvalue weighted by atomic mass is 10.1. The molecule has 0 spiro atoms. The van der Waals surface area contributed by atoms with Crippen LogP contribution in [0, 0.1) is 0 Å². The monoisotopic (exact) mass is 285 g/mol. The third-order valence-corrected chi connectivity index (χ3v) is 5.50. The van der Waals surface area contributed by atoms with E-state index >= 15 is 0 Å². The minimum Gasteiger partial charge on any atom is -0.338 e. The van der Waals surface area contributed by atoms with Gasteiger partial charge in [0, 0.05) is 25.6 Å². The van der Waals surface area contributed by atoms with Crippen molar-refractivity contribution in [3.8, 4) is 0 Å². The maximum atomic E-state index is 11.5. The minimum atomic E-state index is -2.88. The summed E-state index contributed by atoms with van der Waals surface area (Å²) in [7, 11) is -2.88. The molecular weight excluding hydrogens is 266 g/mol. The van der Waals surface area contributed by atoms with E-state index in [1.54, 1.807) is 0 Å². The topological polar surface area (TPSA) is 91.0 Å². The van der Waals surface area contributed by atoms with Crippen LogP contribution in [-0.4, -0.2) is 61.3 Å². The lowest BCUT2D eigenvalue weighted by molar-refractivity contribution is 0.601. The Balaban J connectivity index is 1.72. The highest BCUT2D eigenvalue weighted by Gasteiger charge is 2.31. The number of aromatic nitrogens is 3. The number of H-pyrrole nitrogens is 1. The number of rotatable bonds is 2. The van der Waals surface area contributed by atoms with E-state index in [9.17, 15) is 8.42 Å². The molecule has 2 saturated heterocycles. The lowest BCUT2D eigenvalue weighted by Crippen LogP contribution is -2.28. The molecule has 19 heavy (non-hydrogen) atoms. The van der Waals surface area contributed by atoms with Crippen molar-refractivity contribution in [2.75, 3.05) is 42.6 Å². The Bertz CT molecular complexity index is 533. The summed E-state index contributed by atoms with van der Waals surface area (Å²) in [5, 5.41) is 10.5. The largest absolute Gasteiger partial charge is 0.338 e. The summed E-state index contributed by atoms with van der Waals surface area (Å²) in [6, 6.07) is 0. The van der Waals surface area contributed by atoms with Crippen LogP contribution in [0.1, 0.15) is 24.6 Å². The molecule has 1 aromatic rings. The van der Waals surface area contributed by atoms with E-state index in [4.69, 9.17) is 0 Å². The first-order chi connectivity index (χ1) is 9.14. The maximum Gasteiger partial charge on any atom is 0.244 e. The van der Waals surface area contributed by atoms with Gasteiger partial charge in [0.2, 0.25) is 5.95 Å². The normalized spacial score (nSPS) is 27.4. The van der Waals surface area contributed by atoms with Crippen LogP contribution in [0.25, 0.3) is 0 Å². The van der Waals surface area contributed by atoms with Gasteiger partial charge in [-0.1, -0.05) is 0 Å². The van der Waals surface area contributed by atoms with E-state index in [2.05, 4.69) is 25.4 Å². The molecule has 0 radical (unpaired) electrons. The molecule has 2 aliphatic rings. The fraction of sp³-hybridized carbons (Fsp3) is 0.818. The van der Waals surface area contributed by atoms with Gasteiger partial charge in [-0.3, -0.25) is 5.10 Å². The van der Waals surface area contributed by atoms with Gasteiger partial charge in [0.1, 0.15) is 5.82 Å². The van der Waals surface area contributed by atoms with Gasteiger partial charge < -0.3 is 10.2 Å². The Hall–Kier alpha value is -1.15. The smallest absolute Gasteiger partial charge is 0.244 e. The fourth-order valence-electron chi connectivity index (χ4n) is 2.65. The molecule has 7 nitrogen and oxygen atoms in total. The standard InChI is InChI=1S/C11H19N5O2S/c17-19(18)7-2-9(8-19)10-13-11(15-14-10)16-5-1-3-12-4-6-16/h9,12H,1-8H2,(H,13,14,15). The highest BCUT2D eigenvalue weighted by atomic mass is 32.2. The lowest BCUT2D eigenvalue weighted by Gasteiger charge is -2.17. The molecule has 3 heterocycles. The van der Waals surface area contributed by atoms with Gasteiger partial charge in [-0.25, -0.2) is 8.42 Å². The summed E-state index contributed by atoms with van der Waals surface area (Å²) in [5.74, 6) is 1.86. The van der Waals surface area contributed by atoms with Crippen LogP contribution < -0.4 is 10.2 Å². The van der Waals surface area contributed by atoms with Gasteiger partial charge in [-0.05, 0) is 19.4 Å². The van der Waals surface area contributed by atoms with Crippen molar-refractivity contribution in [1.29, 1.82) is 0 Å². The van der Waals surface area contributed by atoms with Gasteiger partial charge in [0.05, 0.1) is 11.5 Å². The Labute approximate surface area is 112 Å². The van der Waals surface area contributed by atoms with E-state index < -0.39 is 9.84 Å². The Morgan fingerprint density at radius 2 is 2.16 bits per heavy atom. The zero-order valence-corrected chi connectivity index (χ0v) is 11.6. The number of anilines is 1. The van der Waals surface area contributed by atoms with Crippen molar-refractivity contribution in [1.82, 2.24) is 20.5 Å². The molecule has 0 amide bonds. The number of hydrogen-bond acceptors (Lipinski definition) is 6. The van der Waals surface area contributed by atoms with Crippen molar-refractivity contribution in [2.24, 2.45) is 0 Å². The number of nitrogens with zero attached hydrogens (tertiary/aromatic N) is 3. The molecule has 1 aromatic heterocycles. The second kappa shape index (κ2) is 5.09. The first-order valence-corrected chi connectivity index (χ1v) is 8.54. The second-order valence-corrected chi connectivity index (χ2v) is 7.44. The summed E-state index contributed by atoms with van der Waals surface area (Å²) in [6.07, 6.45) is 1.72. The Morgan fingerprint density at radius 3 is 2.95 bits per heavy atom. The average Bonchev–Trinajstić information content (AvgIpc) is 2.88. The number of nitrogens with one attached hydrogen (secondary N) is 2. The average molecular weight is 285 g/mol. The molecule has 0 saturated carbocycles. The molecule has 1 unspecified atom stereocenters. The molecule has 106 valence electrons. The predicted molar refractivity (Wildman–Crippen MR) is 72.1 cm³/mol. The van der Waals surface area contributed by atoms with Crippen LogP contribution in [0.5, 0.6) is 0 Å². The van der Waals surface area contributed by atoms with Crippen molar-refractivity contribution < 1.29 is 8.42 Å². The highest BCUT2D eigenvalue weighted by molar-refractivity contribution is 7.91. The second-order valence-electron chi connectivity index (χ2n) is 5.21. The van der Waals surface area contributed by atoms with Crippen LogP contribution >= 0.6 is 0 Å². The zero-order valence-electron chi connectivity index (χ0n) is 10.8. The van der Waals surface area contributed by atoms with Crippen LogP contribution in [0.4, 0.5) is 5.95 Å². The van der Waals surface area contributed by atoms with Gasteiger partial charge in [0.15, 0.2) is 9.84 Å². The predicted octanol–water partition coefficient (Wildman–Crippen LogP) is -0.493. The van der Waals surface area contributed by atoms with Crippen molar-refractivity contribution >= 4 is 15.8 Å². The first-order valence-electron chi connectivity index (χ1n) is 6.72. The number of hydrogen-bond donors (Lipinski definition) is 2. The molecule has 0 bridgehead atoms. The van der Waals surface area contributed by atoms with Gasteiger partial charge in [0.25, 0.3) is 0 Å². The molecule has 8 heteroatoms. The number of sulfone groups is 1. The molecule has 0 aliphatic carbocycles. The summed E-state index contributed by atoms with van der Waals surface area (Å²) < 4.78 is 23.0. The van der Waals surface area contributed by atoms with Gasteiger partial charge in [-0.2, -0.15) is 4.98 Å². The van der Waals surface area contributed by atoms with Crippen LogP contribution in [-0.2, 0) is 9.84 Å². The summed E-state index contributed by atoms with van der Waals surface area (Å²) in [4.78, 5) is 6.63. The van der Waals surface area contributed by atoms with E-state index in [-0.39, 0.29) is 17.4 Å². The SMILES string of the molecule is O=S1(=O)CCC(c2nc(N3CCCNCC3)n[nH]2)C1.